The number of hydrogen-bond acceptors (Lipinski definition) is 4. The van der Waals surface area contributed by atoms with Crippen LogP contribution in [0.1, 0.15) is 44.1 Å². The number of nitrogens with zero attached hydrogens (tertiary/aromatic N) is 1. The minimum Gasteiger partial charge on any atom is -0.493 e. The van der Waals surface area contributed by atoms with Gasteiger partial charge in [-0.15, -0.1) is 0 Å². The first-order valence-electron chi connectivity index (χ1n) is 10.6. The van der Waals surface area contributed by atoms with E-state index in [0.717, 1.165) is 24.8 Å². The van der Waals surface area contributed by atoms with Gasteiger partial charge in [0.2, 0.25) is 0 Å². The van der Waals surface area contributed by atoms with Crippen molar-refractivity contribution >= 4 is 6.09 Å². The summed E-state index contributed by atoms with van der Waals surface area (Å²) in [6.07, 6.45) is 4.03. The van der Waals surface area contributed by atoms with E-state index in [-0.39, 0.29) is 30.6 Å². The first-order chi connectivity index (χ1) is 14.5. The van der Waals surface area contributed by atoms with E-state index in [2.05, 4.69) is 0 Å². The summed E-state index contributed by atoms with van der Waals surface area (Å²) in [6, 6.07) is 15.5. The second-order valence-electron chi connectivity index (χ2n) is 8.37. The number of halogens is 1. The molecule has 6 heteroatoms. The molecule has 2 aromatic rings. The highest BCUT2D eigenvalue weighted by molar-refractivity contribution is 5.69. The van der Waals surface area contributed by atoms with Crippen molar-refractivity contribution < 1.29 is 23.8 Å². The van der Waals surface area contributed by atoms with Crippen molar-refractivity contribution in [1.29, 1.82) is 0 Å². The summed E-state index contributed by atoms with van der Waals surface area (Å²) in [7, 11) is 0. The Kier molecular flexibility index (Phi) is 6.23. The quantitative estimate of drug-likeness (QED) is 0.747. The topological polar surface area (TPSA) is 59.0 Å². The third-order valence-corrected chi connectivity index (χ3v) is 6.16. The lowest BCUT2D eigenvalue weighted by molar-refractivity contribution is -0.0929. The molecular formula is C24H28FNO4. The largest absolute Gasteiger partial charge is 0.493 e. The van der Waals surface area contributed by atoms with Crippen LogP contribution in [0, 0.1) is 5.82 Å². The number of hydrogen-bond donors (Lipinski definition) is 1. The number of ether oxygens (including phenoxy) is 2. The fourth-order valence-corrected chi connectivity index (χ4v) is 4.71. The molecule has 2 saturated heterocycles. The molecule has 2 aliphatic rings. The van der Waals surface area contributed by atoms with Crippen molar-refractivity contribution in [2.75, 3.05) is 6.61 Å². The highest BCUT2D eigenvalue weighted by atomic mass is 19.1. The zero-order valence-electron chi connectivity index (χ0n) is 17.0. The molecule has 2 aromatic carbocycles. The predicted octanol–water partition coefficient (Wildman–Crippen LogP) is 4.68. The summed E-state index contributed by atoms with van der Waals surface area (Å²) >= 11 is 0. The number of fused-ring (bicyclic) bond motifs is 2. The summed E-state index contributed by atoms with van der Waals surface area (Å²) in [5.41, 5.74) is 0.0916. The molecule has 2 atom stereocenters. The first kappa shape index (κ1) is 20.7. The lowest BCUT2D eigenvalue weighted by Gasteiger charge is -2.51. The average molecular weight is 413 g/mol. The molecule has 0 aromatic heterocycles. The molecule has 4 rings (SSSR count). The van der Waals surface area contributed by atoms with E-state index in [9.17, 15) is 14.3 Å². The molecule has 2 aliphatic heterocycles. The monoisotopic (exact) mass is 413 g/mol. The van der Waals surface area contributed by atoms with Gasteiger partial charge in [0.15, 0.2) is 0 Å². The van der Waals surface area contributed by atoms with E-state index in [1.807, 2.05) is 35.2 Å². The van der Waals surface area contributed by atoms with Crippen LogP contribution >= 0.6 is 0 Å². The van der Waals surface area contributed by atoms with Crippen LogP contribution in [0.5, 0.6) is 5.75 Å². The highest BCUT2D eigenvalue weighted by Gasteiger charge is 2.47. The first-order valence-corrected chi connectivity index (χ1v) is 10.6. The van der Waals surface area contributed by atoms with Gasteiger partial charge in [-0.05, 0) is 61.9 Å². The van der Waals surface area contributed by atoms with E-state index >= 15 is 0 Å². The third-order valence-electron chi connectivity index (χ3n) is 6.16. The normalized spacial score (nSPS) is 25.6. The maximum absolute atomic E-state index is 13.0. The van der Waals surface area contributed by atoms with Gasteiger partial charge in [0.1, 0.15) is 18.2 Å². The Morgan fingerprint density at radius 2 is 1.73 bits per heavy atom. The fourth-order valence-electron chi connectivity index (χ4n) is 4.71. The standard InChI is InChI=1S/C24H28FNO4/c25-19-9-11-22(12-10-19)29-14-13-24(28)15-20-7-4-8-21(16-24)26(20)23(27)30-17-18-5-2-1-3-6-18/h1-3,5-6,9-12,20-21,28H,4,7-8,13-17H2. The summed E-state index contributed by atoms with van der Waals surface area (Å²) in [5, 5.41) is 11.2. The minimum atomic E-state index is -0.869. The van der Waals surface area contributed by atoms with Crippen LogP contribution in [-0.4, -0.2) is 40.4 Å². The Hall–Kier alpha value is -2.60. The van der Waals surface area contributed by atoms with E-state index in [1.165, 1.54) is 12.1 Å². The zero-order chi connectivity index (χ0) is 21.0. The molecule has 2 heterocycles. The molecule has 160 valence electrons. The molecule has 1 amide bonds. The molecule has 1 N–H and O–H groups in total. The summed E-state index contributed by atoms with van der Waals surface area (Å²) in [4.78, 5) is 14.6. The molecular weight excluding hydrogens is 385 g/mol. The molecule has 2 bridgehead atoms. The van der Waals surface area contributed by atoms with Crippen molar-refractivity contribution in [1.82, 2.24) is 4.90 Å². The maximum Gasteiger partial charge on any atom is 0.410 e. The van der Waals surface area contributed by atoms with E-state index in [1.54, 1.807) is 12.1 Å². The van der Waals surface area contributed by atoms with Crippen LogP contribution < -0.4 is 4.74 Å². The van der Waals surface area contributed by atoms with Gasteiger partial charge in [0, 0.05) is 18.5 Å². The molecule has 30 heavy (non-hydrogen) atoms. The SMILES string of the molecule is O=C(OCc1ccccc1)N1C2CCCC1CC(O)(CCOc1ccc(F)cc1)C2. The smallest absolute Gasteiger partial charge is 0.410 e. The predicted molar refractivity (Wildman–Crippen MR) is 111 cm³/mol. The highest BCUT2D eigenvalue weighted by Crippen LogP contribution is 2.41. The van der Waals surface area contributed by atoms with Crippen LogP contribution in [0.2, 0.25) is 0 Å². The van der Waals surface area contributed by atoms with E-state index in [4.69, 9.17) is 9.47 Å². The van der Waals surface area contributed by atoms with Crippen molar-refractivity contribution in [3.8, 4) is 5.75 Å². The maximum atomic E-state index is 13.0. The second-order valence-corrected chi connectivity index (χ2v) is 8.37. The van der Waals surface area contributed by atoms with Crippen LogP contribution in [0.3, 0.4) is 0 Å². The molecule has 0 radical (unpaired) electrons. The van der Waals surface area contributed by atoms with Gasteiger partial charge in [-0.25, -0.2) is 9.18 Å². The zero-order valence-corrected chi connectivity index (χ0v) is 17.0. The van der Waals surface area contributed by atoms with E-state index in [0.29, 0.717) is 31.6 Å². The van der Waals surface area contributed by atoms with Crippen molar-refractivity contribution in [2.45, 2.75) is 62.8 Å². The van der Waals surface area contributed by atoms with E-state index < -0.39 is 5.60 Å². The Morgan fingerprint density at radius 1 is 1.07 bits per heavy atom. The van der Waals surface area contributed by atoms with Gasteiger partial charge in [0.25, 0.3) is 0 Å². The number of amides is 1. The lowest BCUT2D eigenvalue weighted by Crippen LogP contribution is -2.60. The number of rotatable bonds is 6. The van der Waals surface area contributed by atoms with Gasteiger partial charge < -0.3 is 19.5 Å². The Bertz CT molecular complexity index is 828. The van der Waals surface area contributed by atoms with Gasteiger partial charge in [-0.1, -0.05) is 30.3 Å². The average Bonchev–Trinajstić information content (AvgIpc) is 2.73. The molecule has 0 aliphatic carbocycles. The third kappa shape index (κ3) is 4.93. The van der Waals surface area contributed by atoms with Crippen LogP contribution in [0.15, 0.2) is 54.6 Å². The van der Waals surface area contributed by atoms with Crippen molar-refractivity contribution in [2.24, 2.45) is 0 Å². The van der Waals surface area contributed by atoms with Crippen molar-refractivity contribution in [3.63, 3.8) is 0 Å². The minimum absolute atomic E-state index is 0.0170. The Labute approximate surface area is 176 Å². The summed E-state index contributed by atoms with van der Waals surface area (Å²) in [5.74, 6) is 0.280. The Morgan fingerprint density at radius 3 is 2.40 bits per heavy atom. The second kappa shape index (κ2) is 9.04. The van der Waals surface area contributed by atoms with Crippen LogP contribution in [0.4, 0.5) is 9.18 Å². The van der Waals surface area contributed by atoms with Crippen molar-refractivity contribution in [3.05, 3.63) is 66.0 Å². The lowest BCUT2D eigenvalue weighted by atomic mass is 9.74. The van der Waals surface area contributed by atoms with Crippen LogP contribution in [-0.2, 0) is 11.3 Å². The molecule has 2 unspecified atom stereocenters. The summed E-state index contributed by atoms with van der Waals surface area (Å²) in [6.45, 7) is 0.603. The molecule has 5 nitrogen and oxygen atoms in total. The van der Waals surface area contributed by atoms with Gasteiger partial charge in [0.05, 0.1) is 12.2 Å². The van der Waals surface area contributed by atoms with Crippen LogP contribution in [0.25, 0.3) is 0 Å². The number of aliphatic hydroxyl groups is 1. The molecule has 0 spiro atoms. The Balaban J connectivity index is 1.32. The van der Waals surface area contributed by atoms with Gasteiger partial charge >= 0.3 is 6.09 Å². The molecule has 2 fully saturated rings. The molecule has 0 saturated carbocycles. The summed E-state index contributed by atoms with van der Waals surface area (Å²) < 4.78 is 24.3. The number of piperidine rings is 2. The number of benzene rings is 2. The van der Waals surface area contributed by atoms with Gasteiger partial charge in [-0.3, -0.25) is 0 Å². The fraction of sp³-hybridized carbons (Fsp3) is 0.458. The van der Waals surface area contributed by atoms with Gasteiger partial charge in [-0.2, -0.15) is 0 Å². The number of carbonyl (C=O) groups is 1. The number of carbonyl (C=O) groups excluding carboxylic acids is 1.